The molecule has 0 aromatic carbocycles. The number of carbonyl (C=O) groups excluding carboxylic acids is 1. The number of aromatic nitrogens is 1. The van der Waals surface area contributed by atoms with Gasteiger partial charge >= 0.3 is 0 Å². The molecule has 0 saturated heterocycles. The molecule has 3 atom stereocenters. The number of anilines is 1. The molecule has 1 N–H and O–H groups in total. The van der Waals surface area contributed by atoms with Crippen LogP contribution in [0.2, 0.25) is 0 Å². The van der Waals surface area contributed by atoms with E-state index in [0.29, 0.717) is 12.3 Å². The number of nitrogens with one attached hydrogen (secondary N) is 1. The van der Waals surface area contributed by atoms with E-state index in [0.717, 1.165) is 29.8 Å². The second-order valence-corrected chi connectivity index (χ2v) is 7.51. The summed E-state index contributed by atoms with van der Waals surface area (Å²) in [6.07, 6.45) is 9.61. The predicted octanol–water partition coefficient (Wildman–Crippen LogP) is 3.40. The molecule has 0 radical (unpaired) electrons. The van der Waals surface area contributed by atoms with E-state index in [4.69, 9.17) is 0 Å². The van der Waals surface area contributed by atoms with Gasteiger partial charge in [-0.1, -0.05) is 6.42 Å². The number of hydrogen-bond donors (Lipinski definition) is 1. The number of fused-ring (bicyclic) bond motifs is 3. The molecule has 2 bridgehead atoms. The minimum atomic E-state index is 0.185. The minimum Gasteiger partial charge on any atom is -0.302 e. The van der Waals surface area contributed by atoms with E-state index in [-0.39, 0.29) is 5.91 Å². The number of thiazole rings is 1. The van der Waals surface area contributed by atoms with Crippen molar-refractivity contribution in [2.75, 3.05) is 5.32 Å². The maximum Gasteiger partial charge on any atom is 0.226 e. The van der Waals surface area contributed by atoms with E-state index in [2.05, 4.69) is 10.3 Å². The quantitative estimate of drug-likeness (QED) is 0.919. The number of aryl methyl sites for hydroxylation is 2. The van der Waals surface area contributed by atoms with Crippen molar-refractivity contribution >= 4 is 22.4 Å². The number of rotatable bonds is 3. The fraction of sp³-hybridized carbons (Fsp3) is 0.733. The maximum atomic E-state index is 12.1. The van der Waals surface area contributed by atoms with Gasteiger partial charge in [0, 0.05) is 11.3 Å². The van der Waals surface area contributed by atoms with Crippen LogP contribution in [0.4, 0.5) is 5.13 Å². The molecule has 2 fully saturated rings. The van der Waals surface area contributed by atoms with Crippen LogP contribution in [0.1, 0.15) is 49.1 Å². The molecule has 102 valence electrons. The maximum absolute atomic E-state index is 12.1. The molecule has 1 heterocycles. The van der Waals surface area contributed by atoms with Crippen LogP contribution >= 0.6 is 11.3 Å². The van der Waals surface area contributed by atoms with Crippen LogP contribution in [0.15, 0.2) is 0 Å². The van der Waals surface area contributed by atoms with Crippen LogP contribution in [0.3, 0.4) is 0 Å². The molecule has 1 aromatic heterocycles. The molecule has 0 aliphatic heterocycles. The molecule has 0 spiro atoms. The van der Waals surface area contributed by atoms with Gasteiger partial charge in [-0.3, -0.25) is 4.79 Å². The number of hydrogen-bond acceptors (Lipinski definition) is 3. The van der Waals surface area contributed by atoms with Crippen LogP contribution in [0, 0.1) is 17.8 Å². The predicted molar refractivity (Wildman–Crippen MR) is 76.3 cm³/mol. The summed E-state index contributed by atoms with van der Waals surface area (Å²) < 4.78 is 0. The smallest absolute Gasteiger partial charge is 0.226 e. The standard InChI is InChI=1S/C15H20N2OS/c18-14(8-11-7-9-4-5-10(11)6-9)17-15-16-12-2-1-3-13(12)19-15/h9-11H,1-8H2,(H,16,17,18). The van der Waals surface area contributed by atoms with E-state index in [1.165, 1.54) is 42.7 Å². The van der Waals surface area contributed by atoms with Crippen LogP contribution in [-0.4, -0.2) is 10.9 Å². The molecule has 3 unspecified atom stereocenters. The molecule has 4 rings (SSSR count). The fourth-order valence-electron chi connectivity index (χ4n) is 4.28. The van der Waals surface area contributed by atoms with Crippen LogP contribution < -0.4 is 5.32 Å². The van der Waals surface area contributed by atoms with E-state index in [1.807, 2.05) is 0 Å². The van der Waals surface area contributed by atoms with Gasteiger partial charge in [0.2, 0.25) is 5.91 Å². The monoisotopic (exact) mass is 276 g/mol. The van der Waals surface area contributed by atoms with Gasteiger partial charge in [0.25, 0.3) is 0 Å². The van der Waals surface area contributed by atoms with Crippen LogP contribution in [-0.2, 0) is 17.6 Å². The first-order valence-electron chi connectivity index (χ1n) is 7.56. The third-order valence-electron chi connectivity index (χ3n) is 5.17. The Morgan fingerprint density at radius 2 is 2.26 bits per heavy atom. The highest BCUT2D eigenvalue weighted by Crippen LogP contribution is 2.49. The van der Waals surface area contributed by atoms with Crippen molar-refractivity contribution in [1.82, 2.24) is 4.98 Å². The van der Waals surface area contributed by atoms with E-state index < -0.39 is 0 Å². The van der Waals surface area contributed by atoms with E-state index in [1.54, 1.807) is 11.3 Å². The number of carbonyl (C=O) groups is 1. The van der Waals surface area contributed by atoms with Crippen molar-refractivity contribution in [1.29, 1.82) is 0 Å². The highest BCUT2D eigenvalue weighted by atomic mass is 32.1. The number of nitrogens with zero attached hydrogens (tertiary/aromatic N) is 1. The number of amides is 1. The summed E-state index contributed by atoms with van der Waals surface area (Å²) in [5, 5.41) is 3.86. The van der Waals surface area contributed by atoms with Crippen molar-refractivity contribution in [2.45, 2.75) is 51.4 Å². The molecule has 19 heavy (non-hydrogen) atoms. The lowest BCUT2D eigenvalue weighted by Gasteiger charge is -2.20. The Labute approximate surface area is 117 Å². The zero-order valence-corrected chi connectivity index (χ0v) is 12.0. The summed E-state index contributed by atoms with van der Waals surface area (Å²) >= 11 is 1.68. The largest absolute Gasteiger partial charge is 0.302 e. The van der Waals surface area contributed by atoms with Gasteiger partial charge in [0.05, 0.1) is 5.69 Å². The molecular formula is C15H20N2OS. The first kappa shape index (κ1) is 11.9. The Morgan fingerprint density at radius 1 is 1.32 bits per heavy atom. The average Bonchev–Trinajstić information content (AvgIpc) is 3.06. The first-order valence-corrected chi connectivity index (χ1v) is 8.38. The molecule has 3 nitrogen and oxygen atoms in total. The van der Waals surface area contributed by atoms with Crippen molar-refractivity contribution in [3.63, 3.8) is 0 Å². The second kappa shape index (κ2) is 4.58. The van der Waals surface area contributed by atoms with Crippen LogP contribution in [0.5, 0.6) is 0 Å². The van der Waals surface area contributed by atoms with Gasteiger partial charge in [-0.05, 0) is 56.3 Å². The fourth-order valence-corrected chi connectivity index (χ4v) is 5.34. The molecule has 2 saturated carbocycles. The third-order valence-corrected chi connectivity index (χ3v) is 6.25. The first-order chi connectivity index (χ1) is 9.28. The Bertz CT molecular complexity index is 489. The Morgan fingerprint density at radius 3 is 3.00 bits per heavy atom. The molecule has 1 aromatic rings. The topological polar surface area (TPSA) is 42.0 Å². The van der Waals surface area contributed by atoms with Gasteiger partial charge < -0.3 is 5.32 Å². The summed E-state index contributed by atoms with van der Waals surface area (Å²) in [6, 6.07) is 0. The van der Waals surface area contributed by atoms with E-state index in [9.17, 15) is 4.79 Å². The van der Waals surface area contributed by atoms with Gasteiger partial charge in [0.15, 0.2) is 5.13 Å². The summed E-state index contributed by atoms with van der Waals surface area (Å²) in [6.45, 7) is 0. The van der Waals surface area contributed by atoms with E-state index >= 15 is 0 Å². The molecule has 3 aliphatic rings. The molecule has 3 aliphatic carbocycles. The zero-order chi connectivity index (χ0) is 12.8. The lowest BCUT2D eigenvalue weighted by molar-refractivity contribution is -0.117. The highest BCUT2D eigenvalue weighted by molar-refractivity contribution is 7.15. The summed E-state index contributed by atoms with van der Waals surface area (Å²) in [5.41, 5.74) is 1.22. The van der Waals surface area contributed by atoms with Gasteiger partial charge in [0.1, 0.15) is 0 Å². The van der Waals surface area contributed by atoms with Crippen molar-refractivity contribution in [2.24, 2.45) is 17.8 Å². The Kier molecular flexibility index (Phi) is 2.87. The minimum absolute atomic E-state index is 0.185. The van der Waals surface area contributed by atoms with Gasteiger partial charge in [-0.25, -0.2) is 4.98 Å². The van der Waals surface area contributed by atoms with Crippen molar-refractivity contribution < 1.29 is 4.79 Å². The van der Waals surface area contributed by atoms with Crippen LogP contribution in [0.25, 0.3) is 0 Å². The molecular weight excluding hydrogens is 256 g/mol. The van der Waals surface area contributed by atoms with Gasteiger partial charge in [-0.15, -0.1) is 11.3 Å². The summed E-state index contributed by atoms with van der Waals surface area (Å²) in [7, 11) is 0. The zero-order valence-electron chi connectivity index (χ0n) is 11.2. The SMILES string of the molecule is O=C(CC1CC2CCC1C2)Nc1nc2c(s1)CCC2. The Balaban J connectivity index is 1.36. The molecule has 1 amide bonds. The van der Waals surface area contributed by atoms with Crippen molar-refractivity contribution in [3.05, 3.63) is 10.6 Å². The Hall–Kier alpha value is -0.900. The lowest BCUT2D eigenvalue weighted by atomic mass is 9.86. The average molecular weight is 276 g/mol. The highest BCUT2D eigenvalue weighted by Gasteiger charge is 2.40. The summed E-state index contributed by atoms with van der Waals surface area (Å²) in [5.74, 6) is 2.58. The van der Waals surface area contributed by atoms with Gasteiger partial charge in [-0.2, -0.15) is 0 Å². The van der Waals surface area contributed by atoms with Crippen molar-refractivity contribution in [3.8, 4) is 0 Å². The second-order valence-electron chi connectivity index (χ2n) is 6.43. The summed E-state index contributed by atoms with van der Waals surface area (Å²) in [4.78, 5) is 18.1. The lowest BCUT2D eigenvalue weighted by Crippen LogP contribution is -2.20. The molecule has 4 heteroatoms. The normalized spacial score (nSPS) is 31.7. The third kappa shape index (κ3) is 2.20.